The Morgan fingerprint density at radius 2 is 2.00 bits per heavy atom. The van der Waals surface area contributed by atoms with Crippen LogP contribution in [0.15, 0.2) is 54.6 Å². The number of hydrogen-bond acceptors (Lipinski definition) is 3. The Morgan fingerprint density at radius 3 is 2.71 bits per heavy atom. The molecule has 0 amide bonds. The monoisotopic (exact) mass is 278 g/mol. The maximum Gasteiger partial charge on any atom is 0.128 e. The second kappa shape index (κ2) is 6.43. The molecule has 1 fully saturated rings. The quantitative estimate of drug-likeness (QED) is 0.933. The van der Waals surface area contributed by atoms with Crippen LogP contribution in [0.5, 0.6) is 5.75 Å². The number of benzene rings is 2. The van der Waals surface area contributed by atoms with Gasteiger partial charge in [0.25, 0.3) is 0 Å². The van der Waals surface area contributed by atoms with Crippen LogP contribution in [-0.4, -0.2) is 13.1 Å². The summed E-state index contributed by atoms with van der Waals surface area (Å²) in [7, 11) is 0. The summed E-state index contributed by atoms with van der Waals surface area (Å²) in [4.78, 5) is 0. The molecule has 0 saturated carbocycles. The lowest BCUT2D eigenvalue weighted by molar-refractivity contribution is 0.144. The minimum Gasteiger partial charge on any atom is -0.485 e. The second-order valence-corrected chi connectivity index (χ2v) is 5.34. The molecular weight excluding hydrogens is 260 g/mol. The Balaban J connectivity index is 1.87. The van der Waals surface area contributed by atoms with Crippen molar-refractivity contribution in [3.63, 3.8) is 0 Å². The third-order valence-corrected chi connectivity index (χ3v) is 3.88. The standard InChI is InChI=1S/C18H18N2O/c19-12-14-5-4-8-17(11-14)21-18(16-9-10-20-13-16)15-6-2-1-3-7-15/h1-8,11,16,18,20H,9-10,13H2/t16-,18-/m1/s1. The molecule has 106 valence electrons. The van der Waals surface area contributed by atoms with Gasteiger partial charge in [0, 0.05) is 12.5 Å². The van der Waals surface area contributed by atoms with Crippen molar-refractivity contribution in [2.45, 2.75) is 12.5 Å². The number of ether oxygens (including phenoxy) is 1. The molecule has 0 radical (unpaired) electrons. The van der Waals surface area contributed by atoms with Gasteiger partial charge in [-0.3, -0.25) is 0 Å². The first-order chi connectivity index (χ1) is 10.4. The van der Waals surface area contributed by atoms with Gasteiger partial charge in [-0.25, -0.2) is 0 Å². The summed E-state index contributed by atoms with van der Waals surface area (Å²) in [5.41, 5.74) is 1.82. The Kier molecular flexibility index (Phi) is 4.18. The largest absolute Gasteiger partial charge is 0.485 e. The van der Waals surface area contributed by atoms with Crippen molar-refractivity contribution in [3.8, 4) is 11.8 Å². The van der Waals surface area contributed by atoms with E-state index in [1.807, 2.05) is 30.3 Å². The Hall–Kier alpha value is -2.31. The molecule has 2 atom stereocenters. The number of rotatable bonds is 4. The van der Waals surface area contributed by atoms with Gasteiger partial charge in [-0.15, -0.1) is 0 Å². The maximum absolute atomic E-state index is 9.01. The van der Waals surface area contributed by atoms with Crippen molar-refractivity contribution in [1.29, 1.82) is 5.26 Å². The first-order valence-corrected chi connectivity index (χ1v) is 7.29. The molecule has 0 aliphatic carbocycles. The van der Waals surface area contributed by atoms with Crippen molar-refractivity contribution in [1.82, 2.24) is 5.32 Å². The molecule has 1 aliphatic heterocycles. The summed E-state index contributed by atoms with van der Waals surface area (Å²) in [5, 5.41) is 12.4. The molecule has 3 nitrogen and oxygen atoms in total. The van der Waals surface area contributed by atoms with E-state index in [4.69, 9.17) is 10.00 Å². The Bertz CT molecular complexity index is 627. The zero-order valence-corrected chi connectivity index (χ0v) is 11.8. The Labute approximate surface area is 125 Å². The van der Waals surface area contributed by atoms with Crippen molar-refractivity contribution in [2.24, 2.45) is 5.92 Å². The molecule has 2 aromatic carbocycles. The van der Waals surface area contributed by atoms with Crippen LogP contribution >= 0.6 is 0 Å². The van der Waals surface area contributed by atoms with E-state index in [1.54, 1.807) is 12.1 Å². The van der Waals surface area contributed by atoms with Crippen molar-refractivity contribution < 1.29 is 4.74 Å². The third-order valence-electron chi connectivity index (χ3n) is 3.88. The van der Waals surface area contributed by atoms with Crippen molar-refractivity contribution >= 4 is 0 Å². The highest BCUT2D eigenvalue weighted by Gasteiger charge is 2.27. The number of hydrogen-bond donors (Lipinski definition) is 1. The lowest BCUT2D eigenvalue weighted by Gasteiger charge is -2.25. The number of nitrogens with one attached hydrogen (secondary N) is 1. The van der Waals surface area contributed by atoms with Gasteiger partial charge in [-0.05, 0) is 36.7 Å². The fraction of sp³-hybridized carbons (Fsp3) is 0.278. The fourth-order valence-electron chi connectivity index (χ4n) is 2.80. The summed E-state index contributed by atoms with van der Waals surface area (Å²) >= 11 is 0. The SMILES string of the molecule is N#Cc1cccc(O[C@H](c2ccccc2)[C@@H]2CCNC2)c1. The van der Waals surface area contributed by atoms with Crippen LogP contribution in [0.4, 0.5) is 0 Å². The molecule has 1 N–H and O–H groups in total. The average molecular weight is 278 g/mol. The van der Waals surface area contributed by atoms with Crippen LogP contribution in [0.3, 0.4) is 0 Å². The molecule has 0 bridgehead atoms. The van der Waals surface area contributed by atoms with E-state index in [0.717, 1.165) is 25.3 Å². The predicted molar refractivity (Wildman–Crippen MR) is 81.9 cm³/mol. The average Bonchev–Trinajstić information content (AvgIpc) is 3.08. The summed E-state index contributed by atoms with van der Waals surface area (Å²) in [6.45, 7) is 2.01. The smallest absolute Gasteiger partial charge is 0.128 e. The van der Waals surface area contributed by atoms with Gasteiger partial charge in [0.1, 0.15) is 11.9 Å². The van der Waals surface area contributed by atoms with E-state index >= 15 is 0 Å². The molecule has 1 aliphatic rings. The fourth-order valence-corrected chi connectivity index (χ4v) is 2.80. The van der Waals surface area contributed by atoms with Crippen LogP contribution in [0, 0.1) is 17.2 Å². The summed E-state index contributed by atoms with van der Waals surface area (Å²) < 4.78 is 6.24. The lowest BCUT2D eigenvalue weighted by Crippen LogP contribution is -2.21. The highest BCUT2D eigenvalue weighted by atomic mass is 16.5. The number of nitrogens with zero attached hydrogens (tertiary/aromatic N) is 1. The lowest BCUT2D eigenvalue weighted by atomic mass is 9.95. The van der Waals surface area contributed by atoms with Gasteiger partial charge < -0.3 is 10.1 Å². The highest BCUT2D eigenvalue weighted by molar-refractivity contribution is 5.36. The molecule has 0 aromatic heterocycles. The first kappa shape index (κ1) is 13.7. The summed E-state index contributed by atoms with van der Waals surface area (Å²) in [6, 6.07) is 19.9. The molecule has 21 heavy (non-hydrogen) atoms. The normalized spacial score (nSPS) is 18.9. The van der Waals surface area contributed by atoms with E-state index in [9.17, 15) is 0 Å². The highest BCUT2D eigenvalue weighted by Crippen LogP contribution is 2.32. The molecular formula is C18H18N2O. The minimum atomic E-state index is 0.0233. The maximum atomic E-state index is 9.01. The van der Waals surface area contributed by atoms with E-state index in [1.165, 1.54) is 5.56 Å². The van der Waals surface area contributed by atoms with Gasteiger partial charge in [-0.2, -0.15) is 5.26 Å². The van der Waals surface area contributed by atoms with E-state index < -0.39 is 0 Å². The third kappa shape index (κ3) is 3.24. The summed E-state index contributed by atoms with van der Waals surface area (Å²) in [6.07, 6.45) is 1.13. The van der Waals surface area contributed by atoms with Gasteiger partial charge in [-0.1, -0.05) is 36.4 Å². The van der Waals surface area contributed by atoms with Gasteiger partial charge in [0.2, 0.25) is 0 Å². The molecule has 1 saturated heterocycles. The van der Waals surface area contributed by atoms with Gasteiger partial charge >= 0.3 is 0 Å². The molecule has 2 aromatic rings. The predicted octanol–water partition coefficient (Wildman–Crippen LogP) is 3.29. The van der Waals surface area contributed by atoms with Crippen LogP contribution in [-0.2, 0) is 0 Å². The zero-order valence-electron chi connectivity index (χ0n) is 11.8. The van der Waals surface area contributed by atoms with Gasteiger partial charge in [0.15, 0.2) is 0 Å². The molecule has 1 heterocycles. The van der Waals surface area contributed by atoms with E-state index in [2.05, 4.69) is 23.5 Å². The Morgan fingerprint density at radius 1 is 1.14 bits per heavy atom. The zero-order chi connectivity index (χ0) is 14.5. The van der Waals surface area contributed by atoms with Crippen LogP contribution in [0.25, 0.3) is 0 Å². The van der Waals surface area contributed by atoms with E-state index in [-0.39, 0.29) is 6.10 Å². The molecule has 0 spiro atoms. The van der Waals surface area contributed by atoms with Gasteiger partial charge in [0.05, 0.1) is 11.6 Å². The van der Waals surface area contributed by atoms with Crippen molar-refractivity contribution in [2.75, 3.05) is 13.1 Å². The van der Waals surface area contributed by atoms with E-state index in [0.29, 0.717) is 11.5 Å². The first-order valence-electron chi connectivity index (χ1n) is 7.29. The molecule has 3 rings (SSSR count). The topological polar surface area (TPSA) is 45.0 Å². The molecule has 0 unspecified atom stereocenters. The van der Waals surface area contributed by atoms with Crippen LogP contribution in [0.1, 0.15) is 23.7 Å². The molecule has 3 heteroatoms. The second-order valence-electron chi connectivity index (χ2n) is 5.34. The van der Waals surface area contributed by atoms with Crippen LogP contribution < -0.4 is 10.1 Å². The number of nitriles is 1. The van der Waals surface area contributed by atoms with Crippen LogP contribution in [0.2, 0.25) is 0 Å². The van der Waals surface area contributed by atoms with Crippen molar-refractivity contribution in [3.05, 3.63) is 65.7 Å². The minimum absolute atomic E-state index is 0.0233. The summed E-state index contributed by atoms with van der Waals surface area (Å²) in [5.74, 6) is 1.22.